The van der Waals surface area contributed by atoms with Crippen molar-refractivity contribution >= 4 is 60.9 Å². The summed E-state index contributed by atoms with van der Waals surface area (Å²) in [5.74, 6) is 4.42. The highest BCUT2D eigenvalue weighted by Crippen LogP contribution is 2.21. The van der Waals surface area contributed by atoms with Crippen LogP contribution < -0.4 is 21.6 Å². The van der Waals surface area contributed by atoms with Gasteiger partial charge in [-0.15, -0.1) is 0 Å². The van der Waals surface area contributed by atoms with Crippen molar-refractivity contribution in [3.8, 4) is 0 Å². The second-order valence-corrected chi connectivity index (χ2v) is 13.6. The van der Waals surface area contributed by atoms with E-state index in [0.29, 0.717) is 40.3 Å². The van der Waals surface area contributed by atoms with Gasteiger partial charge in [0.05, 0.1) is 27.4 Å². The van der Waals surface area contributed by atoms with Crippen molar-refractivity contribution in [1.82, 2.24) is 9.03 Å². The van der Waals surface area contributed by atoms with Crippen LogP contribution in [0.3, 0.4) is 0 Å². The Morgan fingerprint density at radius 1 is 0.891 bits per heavy atom. The molecule has 6 N–H and O–H groups in total. The number of unbranched alkanes of at least 4 members (excludes halogenated alkanes) is 2. The number of aliphatic imine (C=N–C) groups is 1. The third kappa shape index (κ3) is 9.49. The van der Waals surface area contributed by atoms with Crippen LogP contribution in [0, 0.1) is 0 Å². The van der Waals surface area contributed by atoms with Gasteiger partial charge in [0, 0.05) is 37.8 Å². The zero-order chi connectivity index (χ0) is 33.9. The lowest BCUT2D eigenvalue weighted by Gasteiger charge is -2.21. The molecule has 15 heteroatoms. The third-order valence-electron chi connectivity index (χ3n) is 6.54. The quantitative estimate of drug-likeness (QED) is 0.0855. The Balaban J connectivity index is 1.72. The zero-order valence-corrected chi connectivity index (χ0v) is 27.3. The van der Waals surface area contributed by atoms with Crippen LogP contribution in [0.2, 0.25) is 0 Å². The van der Waals surface area contributed by atoms with E-state index in [1.165, 1.54) is 67.9 Å². The van der Waals surface area contributed by atoms with E-state index in [-0.39, 0.29) is 16.3 Å². The Morgan fingerprint density at radius 3 is 2.11 bits per heavy atom. The van der Waals surface area contributed by atoms with Crippen molar-refractivity contribution in [2.45, 2.75) is 49.8 Å². The number of hydrogen-bond donors (Lipinski definition) is 4. The minimum atomic E-state index is -4.00. The molecule has 46 heavy (non-hydrogen) atoms. The molecule has 0 saturated heterocycles. The number of nitrogens with one attached hydrogen (secondary N) is 2. The van der Waals surface area contributed by atoms with E-state index < -0.39 is 31.9 Å². The lowest BCUT2D eigenvalue weighted by atomic mass is 10.1. The minimum absolute atomic E-state index is 0.0135. The van der Waals surface area contributed by atoms with Crippen LogP contribution >= 0.6 is 0 Å². The topological polar surface area (TPSA) is 206 Å². The maximum atomic E-state index is 13.0. The summed E-state index contributed by atoms with van der Waals surface area (Å²) in [4.78, 5) is 27.5. The molecule has 0 bridgehead atoms. The molecule has 0 aliphatic carbocycles. The molecule has 0 atom stereocenters. The first kappa shape index (κ1) is 35.5. The van der Waals surface area contributed by atoms with E-state index in [4.69, 9.17) is 11.6 Å². The van der Waals surface area contributed by atoms with Crippen LogP contribution in [0.15, 0.2) is 98.9 Å². The number of nitrogens with two attached hydrogens (primary N) is 2. The molecule has 0 spiro atoms. The van der Waals surface area contributed by atoms with Gasteiger partial charge in [0.2, 0.25) is 11.8 Å². The van der Waals surface area contributed by atoms with Gasteiger partial charge in [-0.1, -0.05) is 38.0 Å². The van der Waals surface area contributed by atoms with Gasteiger partial charge in [0.25, 0.3) is 20.0 Å². The summed E-state index contributed by atoms with van der Waals surface area (Å²) >= 11 is 0. The Hall–Kier alpha value is -5.02. The molecule has 3 aromatic carbocycles. The number of rotatable bonds is 14. The van der Waals surface area contributed by atoms with Gasteiger partial charge < -0.3 is 16.9 Å². The number of hydrogen-bond acceptors (Lipinski definition) is 11. The predicted octanol–water partition coefficient (Wildman–Crippen LogP) is 3.67. The summed E-state index contributed by atoms with van der Waals surface area (Å²) in [6.07, 6.45) is 5.27. The number of carbonyl (C=O) groups excluding carboxylic acids is 2. The Kier molecular flexibility index (Phi) is 12.2. The molecular weight excluding hydrogens is 631 g/mol. The number of amides is 2. The lowest BCUT2D eigenvalue weighted by Crippen LogP contribution is -2.36. The summed E-state index contributed by atoms with van der Waals surface area (Å²) in [6.45, 7) is 4.46. The van der Waals surface area contributed by atoms with E-state index >= 15 is 0 Å². The molecule has 244 valence electrons. The van der Waals surface area contributed by atoms with E-state index in [2.05, 4.69) is 15.4 Å². The highest BCUT2D eigenvalue weighted by atomic mass is 32.2. The Labute approximate surface area is 269 Å². The highest BCUT2D eigenvalue weighted by Gasteiger charge is 2.26. The third-order valence-corrected chi connectivity index (χ3v) is 9.88. The van der Waals surface area contributed by atoms with Crippen LogP contribution in [0.1, 0.15) is 51.2 Å². The minimum Gasteiger partial charge on any atom is -0.397 e. The van der Waals surface area contributed by atoms with Crippen molar-refractivity contribution < 1.29 is 26.4 Å². The van der Waals surface area contributed by atoms with Crippen LogP contribution in [0.25, 0.3) is 5.70 Å². The predicted molar refractivity (Wildman–Crippen MR) is 179 cm³/mol. The van der Waals surface area contributed by atoms with Gasteiger partial charge in [-0.25, -0.2) is 25.9 Å². The average molecular weight is 668 g/mol. The molecule has 0 heterocycles. The summed E-state index contributed by atoms with van der Waals surface area (Å²) in [6, 6.07) is 18.6. The summed E-state index contributed by atoms with van der Waals surface area (Å²) < 4.78 is 53.1. The van der Waals surface area contributed by atoms with E-state index in [0.717, 1.165) is 24.1 Å². The van der Waals surface area contributed by atoms with E-state index in [1.54, 1.807) is 24.3 Å². The lowest BCUT2D eigenvalue weighted by molar-refractivity contribution is -0.124. The normalized spacial score (nSPS) is 12.6. The first-order valence-electron chi connectivity index (χ1n) is 14.2. The summed E-state index contributed by atoms with van der Waals surface area (Å²) in [7, 11) is -7.94. The molecule has 0 saturated carbocycles. The largest absolute Gasteiger partial charge is 0.397 e. The number of nitrogens with zero attached hydrogens (tertiary/aromatic N) is 3. The SMILES string of the molecule is CCCCCN(C(C)=O)S(=O)(=O)c1ccc(N=CC(=NN)c2cccc(/C(N)=C/Nc3ccc(S(=O)(=O)NC(C)=O)cc3)c2)cc1. The number of sulfonamides is 2. The van der Waals surface area contributed by atoms with Crippen LogP contribution in [-0.4, -0.2) is 51.4 Å². The van der Waals surface area contributed by atoms with E-state index in [1.807, 2.05) is 11.6 Å². The maximum Gasteiger partial charge on any atom is 0.266 e. The number of benzene rings is 3. The second kappa shape index (κ2) is 15.8. The Bertz CT molecular complexity index is 1850. The van der Waals surface area contributed by atoms with Crippen LogP contribution in [0.4, 0.5) is 11.4 Å². The standard InChI is InChI=1S/C31H37N7O6S2/c1-4-5-6-18-38(23(3)40)46(43,44)29-16-12-27(13-17-29)35-21-31(36-33)25-9-7-8-24(19-25)30(32)20-34-26-10-14-28(15-11-26)45(41,42)37-22(2)39/h7-17,19-21,34H,4-6,18,32-33H2,1-3H3,(H,37,39)/b30-20-,35-21?,36-31?. The molecule has 0 unspecified atom stereocenters. The number of anilines is 1. The fourth-order valence-corrected chi connectivity index (χ4v) is 6.62. The van der Waals surface area contributed by atoms with Crippen LogP contribution in [0.5, 0.6) is 0 Å². The van der Waals surface area contributed by atoms with Gasteiger partial charge in [0.1, 0.15) is 5.71 Å². The van der Waals surface area contributed by atoms with Crippen molar-refractivity contribution in [3.05, 3.63) is 90.1 Å². The van der Waals surface area contributed by atoms with Crippen LogP contribution in [-0.2, 0) is 29.6 Å². The van der Waals surface area contributed by atoms with Crippen molar-refractivity contribution in [1.29, 1.82) is 0 Å². The van der Waals surface area contributed by atoms with Crippen molar-refractivity contribution in [2.24, 2.45) is 21.7 Å². The van der Waals surface area contributed by atoms with Gasteiger partial charge >= 0.3 is 0 Å². The first-order valence-corrected chi connectivity index (χ1v) is 17.1. The molecule has 0 aliphatic heterocycles. The molecule has 3 aromatic rings. The number of hydrazone groups is 1. The van der Waals surface area contributed by atoms with Gasteiger partial charge in [-0.3, -0.25) is 14.6 Å². The Morgan fingerprint density at radius 2 is 1.52 bits per heavy atom. The highest BCUT2D eigenvalue weighted by molar-refractivity contribution is 7.90. The fraction of sp³-hybridized carbons (Fsp3) is 0.226. The zero-order valence-electron chi connectivity index (χ0n) is 25.7. The monoisotopic (exact) mass is 667 g/mol. The van der Waals surface area contributed by atoms with Gasteiger partial charge in [0.15, 0.2) is 0 Å². The molecule has 2 amide bonds. The average Bonchev–Trinajstić information content (AvgIpc) is 3.02. The molecule has 0 aromatic heterocycles. The van der Waals surface area contributed by atoms with Crippen molar-refractivity contribution in [2.75, 3.05) is 11.9 Å². The number of carbonyl (C=O) groups is 2. The second-order valence-electron chi connectivity index (χ2n) is 10.1. The van der Waals surface area contributed by atoms with Crippen molar-refractivity contribution in [3.63, 3.8) is 0 Å². The van der Waals surface area contributed by atoms with E-state index in [9.17, 15) is 26.4 Å². The molecule has 0 radical (unpaired) electrons. The molecule has 0 aliphatic rings. The molecule has 13 nitrogen and oxygen atoms in total. The van der Waals surface area contributed by atoms with Gasteiger partial charge in [-0.05, 0) is 66.6 Å². The maximum absolute atomic E-state index is 13.0. The summed E-state index contributed by atoms with van der Waals surface area (Å²) in [5, 5.41) is 6.82. The smallest absolute Gasteiger partial charge is 0.266 e. The van der Waals surface area contributed by atoms with Gasteiger partial charge in [-0.2, -0.15) is 5.10 Å². The summed E-state index contributed by atoms with van der Waals surface area (Å²) in [5.41, 5.74) is 9.20. The first-order chi connectivity index (χ1) is 21.8. The fourth-order valence-electron chi connectivity index (χ4n) is 4.18. The molecule has 0 fully saturated rings. The molecular formula is C31H37N7O6S2. The molecule has 3 rings (SSSR count).